The normalized spacial score (nSPS) is 12.6. The first-order valence-corrected chi connectivity index (χ1v) is 21.7. The minimum Gasteiger partial charge on any atom is -0.493 e. The Kier molecular flexibility index (Phi) is 13.3. The summed E-state index contributed by atoms with van der Waals surface area (Å²) in [6, 6.07) is 60.5. The summed E-state index contributed by atoms with van der Waals surface area (Å²) in [5.41, 5.74) is 16.4. The van der Waals surface area contributed by atoms with Gasteiger partial charge in [0.1, 0.15) is 11.5 Å². The molecular weight excluding hydrogens is 757 g/mol. The second kappa shape index (κ2) is 19.8. The van der Waals surface area contributed by atoms with Gasteiger partial charge < -0.3 is 19.3 Å². The van der Waals surface area contributed by atoms with Crippen molar-refractivity contribution in [2.75, 3.05) is 23.0 Å². The molecule has 62 heavy (non-hydrogen) atoms. The lowest BCUT2D eigenvalue weighted by molar-refractivity contribution is 0.339. The Morgan fingerprint density at radius 2 is 0.823 bits per heavy atom. The molecule has 8 rings (SSSR count). The van der Waals surface area contributed by atoms with Gasteiger partial charge in [-0.25, -0.2) is 0 Å². The van der Waals surface area contributed by atoms with Crippen LogP contribution in [0.5, 0.6) is 11.5 Å². The van der Waals surface area contributed by atoms with Gasteiger partial charge in [-0.2, -0.15) is 0 Å². The van der Waals surface area contributed by atoms with E-state index in [1.54, 1.807) is 0 Å². The summed E-state index contributed by atoms with van der Waals surface area (Å²) in [6.07, 6.45) is 15.0. The second-order valence-electron chi connectivity index (χ2n) is 15.5. The van der Waals surface area contributed by atoms with E-state index < -0.39 is 0 Å². The molecule has 7 aromatic rings. The van der Waals surface area contributed by atoms with E-state index in [4.69, 9.17) is 9.47 Å². The van der Waals surface area contributed by atoms with E-state index >= 15 is 0 Å². The van der Waals surface area contributed by atoms with Crippen LogP contribution in [0.15, 0.2) is 188 Å². The molecule has 0 amide bonds. The maximum atomic E-state index is 5.84. The minimum atomic E-state index is 0.639. The number of ether oxygens (including phenoxy) is 2. The SMILES string of the molecule is CCOc1ccccc1/C=C/c1ccc(N(C2=CC=C(c3ccc(N(c4ccc(C)cc4)c4ccc(/C=C/c5ccccc5OCC)cc4)cc3)CC2)c2ccc(C)cc2)cc1. The zero-order chi connectivity index (χ0) is 42.7. The van der Waals surface area contributed by atoms with Gasteiger partial charge in [0.05, 0.1) is 13.2 Å². The van der Waals surface area contributed by atoms with E-state index in [0.29, 0.717) is 13.2 Å². The number of benzene rings is 7. The van der Waals surface area contributed by atoms with Gasteiger partial charge >= 0.3 is 0 Å². The van der Waals surface area contributed by atoms with Crippen LogP contribution in [0.4, 0.5) is 28.4 Å². The zero-order valence-electron chi connectivity index (χ0n) is 36.2. The molecule has 1 aliphatic rings. The molecule has 0 atom stereocenters. The predicted octanol–water partition coefficient (Wildman–Crippen LogP) is 15.8. The average molecular weight is 811 g/mol. The molecule has 0 bridgehead atoms. The van der Waals surface area contributed by atoms with Crippen molar-refractivity contribution < 1.29 is 9.47 Å². The third kappa shape index (κ3) is 10.00. The van der Waals surface area contributed by atoms with Gasteiger partial charge in [-0.1, -0.05) is 139 Å². The topological polar surface area (TPSA) is 24.9 Å². The maximum Gasteiger partial charge on any atom is 0.126 e. The first-order chi connectivity index (χ1) is 30.4. The molecular formula is C58H54N2O2. The van der Waals surface area contributed by atoms with Crippen molar-refractivity contribution in [2.45, 2.75) is 40.5 Å². The molecule has 0 saturated heterocycles. The molecule has 4 heteroatoms. The molecule has 0 spiro atoms. The highest BCUT2D eigenvalue weighted by Gasteiger charge is 2.19. The molecule has 0 heterocycles. The smallest absolute Gasteiger partial charge is 0.126 e. The van der Waals surface area contributed by atoms with Crippen LogP contribution in [0.25, 0.3) is 29.9 Å². The van der Waals surface area contributed by atoms with Crippen molar-refractivity contribution in [1.29, 1.82) is 0 Å². The number of para-hydroxylation sites is 2. The fourth-order valence-corrected chi connectivity index (χ4v) is 7.84. The molecule has 0 aliphatic heterocycles. The van der Waals surface area contributed by atoms with Crippen molar-refractivity contribution in [3.63, 3.8) is 0 Å². The lowest BCUT2D eigenvalue weighted by atomic mass is 9.94. The molecule has 0 radical (unpaired) electrons. The third-order valence-electron chi connectivity index (χ3n) is 11.1. The van der Waals surface area contributed by atoms with Crippen molar-refractivity contribution in [2.24, 2.45) is 0 Å². The van der Waals surface area contributed by atoms with Gasteiger partial charge in [-0.05, 0) is 142 Å². The van der Waals surface area contributed by atoms with Crippen LogP contribution in [0.1, 0.15) is 65.6 Å². The van der Waals surface area contributed by atoms with Crippen LogP contribution in [0.2, 0.25) is 0 Å². The highest BCUT2D eigenvalue weighted by atomic mass is 16.5. The van der Waals surface area contributed by atoms with Crippen LogP contribution in [0.3, 0.4) is 0 Å². The van der Waals surface area contributed by atoms with E-state index in [9.17, 15) is 0 Å². The molecule has 0 saturated carbocycles. The summed E-state index contributed by atoms with van der Waals surface area (Å²) < 4.78 is 11.7. The molecule has 0 fully saturated rings. The maximum absolute atomic E-state index is 5.84. The minimum absolute atomic E-state index is 0.639. The van der Waals surface area contributed by atoms with E-state index in [-0.39, 0.29) is 0 Å². The molecule has 0 unspecified atom stereocenters. The lowest BCUT2D eigenvalue weighted by Crippen LogP contribution is -2.17. The highest BCUT2D eigenvalue weighted by molar-refractivity contribution is 5.81. The lowest BCUT2D eigenvalue weighted by Gasteiger charge is -2.30. The summed E-state index contributed by atoms with van der Waals surface area (Å²) in [7, 11) is 0. The molecule has 7 aromatic carbocycles. The monoisotopic (exact) mass is 810 g/mol. The molecule has 0 aromatic heterocycles. The van der Waals surface area contributed by atoms with Gasteiger partial charge in [0.2, 0.25) is 0 Å². The highest BCUT2D eigenvalue weighted by Crippen LogP contribution is 2.39. The average Bonchev–Trinajstić information content (AvgIpc) is 3.31. The Bertz CT molecular complexity index is 2690. The Morgan fingerprint density at radius 3 is 1.24 bits per heavy atom. The summed E-state index contributed by atoms with van der Waals surface area (Å²) in [5, 5.41) is 0. The first kappa shape index (κ1) is 41.4. The standard InChI is InChI=1S/C58H54N2O2/c1-5-61-57-13-9-7-11-49(57)25-19-45-21-35-53(36-22-45)59(51-31-15-43(3)16-32-51)55-39-27-47(28-40-55)48-29-41-56(42-30-48)60(52-33-17-44(4)18-34-52)54-37-23-46(24-38-54)20-26-50-12-8-10-14-58(50)62-6-2/h7-29,31-41H,5-6,30,42H2,1-4H3/b25-19+,26-20+. The number of aryl methyl sites for hydroxylation is 2. The predicted molar refractivity (Wildman–Crippen MR) is 264 cm³/mol. The molecule has 1 aliphatic carbocycles. The van der Waals surface area contributed by atoms with Crippen molar-refractivity contribution in [3.05, 3.63) is 227 Å². The van der Waals surface area contributed by atoms with E-state index in [1.165, 1.54) is 28.0 Å². The number of hydrogen-bond donors (Lipinski definition) is 0. The van der Waals surface area contributed by atoms with Crippen molar-refractivity contribution in [1.82, 2.24) is 0 Å². The summed E-state index contributed by atoms with van der Waals surface area (Å²) in [5.74, 6) is 1.80. The van der Waals surface area contributed by atoms with Crippen LogP contribution < -0.4 is 19.3 Å². The Morgan fingerprint density at radius 1 is 0.419 bits per heavy atom. The van der Waals surface area contributed by atoms with Gasteiger partial charge in [0, 0.05) is 45.3 Å². The number of hydrogen-bond acceptors (Lipinski definition) is 4. The van der Waals surface area contributed by atoms with Gasteiger partial charge in [-0.15, -0.1) is 0 Å². The quantitative estimate of drug-likeness (QED) is 0.0963. The van der Waals surface area contributed by atoms with Crippen LogP contribution in [-0.4, -0.2) is 13.2 Å². The Hall–Kier alpha value is -7.30. The second-order valence-corrected chi connectivity index (χ2v) is 15.5. The first-order valence-electron chi connectivity index (χ1n) is 21.7. The fraction of sp³-hybridized carbons (Fsp3) is 0.138. The summed E-state index contributed by atoms with van der Waals surface area (Å²) in [4.78, 5) is 4.72. The fourth-order valence-electron chi connectivity index (χ4n) is 7.84. The largest absolute Gasteiger partial charge is 0.493 e. The number of allylic oxidation sites excluding steroid dienone is 4. The van der Waals surface area contributed by atoms with E-state index in [0.717, 1.165) is 75.0 Å². The third-order valence-corrected chi connectivity index (χ3v) is 11.1. The Balaban J connectivity index is 1.03. The summed E-state index contributed by atoms with van der Waals surface area (Å²) in [6.45, 7) is 9.58. The van der Waals surface area contributed by atoms with Crippen LogP contribution in [0, 0.1) is 13.8 Å². The van der Waals surface area contributed by atoms with E-state index in [2.05, 4.69) is 194 Å². The number of anilines is 5. The van der Waals surface area contributed by atoms with Crippen molar-refractivity contribution in [3.8, 4) is 11.5 Å². The van der Waals surface area contributed by atoms with Gasteiger partial charge in [0.25, 0.3) is 0 Å². The number of nitrogens with zero attached hydrogens (tertiary/aromatic N) is 2. The van der Waals surface area contributed by atoms with Crippen LogP contribution in [-0.2, 0) is 0 Å². The summed E-state index contributed by atoms with van der Waals surface area (Å²) >= 11 is 0. The molecule has 0 N–H and O–H groups in total. The van der Waals surface area contributed by atoms with Crippen LogP contribution >= 0.6 is 0 Å². The zero-order valence-corrected chi connectivity index (χ0v) is 36.2. The van der Waals surface area contributed by atoms with E-state index in [1.807, 2.05) is 50.2 Å². The Labute approximate surface area is 368 Å². The molecule has 308 valence electrons. The van der Waals surface area contributed by atoms with Gasteiger partial charge in [0.15, 0.2) is 0 Å². The molecule has 4 nitrogen and oxygen atoms in total. The van der Waals surface area contributed by atoms with Crippen molar-refractivity contribution >= 4 is 58.3 Å². The van der Waals surface area contributed by atoms with Gasteiger partial charge in [-0.3, -0.25) is 0 Å². The number of rotatable bonds is 15.